The number of nitriles is 1. The highest BCUT2D eigenvalue weighted by Crippen LogP contribution is 2.46. The molecule has 140 valence electrons. The lowest BCUT2D eigenvalue weighted by atomic mass is 10.0. The molecule has 0 fully saturated rings. The number of carbonyl (C=O) groups is 2. The van der Waals surface area contributed by atoms with Crippen molar-refractivity contribution in [3.63, 3.8) is 0 Å². The van der Waals surface area contributed by atoms with Crippen LogP contribution in [0.3, 0.4) is 0 Å². The molecule has 2 aromatic rings. The van der Waals surface area contributed by atoms with E-state index in [2.05, 4.69) is 6.07 Å². The molecule has 2 aromatic carbocycles. The average Bonchev–Trinajstić information content (AvgIpc) is 2.53. The molecular weight excluding hydrogens is 353 g/mol. The van der Waals surface area contributed by atoms with Crippen molar-refractivity contribution in [2.45, 2.75) is 48.0 Å². The highest BCUT2D eigenvalue weighted by atomic mass is 31.1. The van der Waals surface area contributed by atoms with Crippen molar-refractivity contribution in [3.8, 4) is 6.07 Å². The van der Waals surface area contributed by atoms with E-state index in [1.54, 1.807) is 0 Å². The molecule has 0 unspecified atom stereocenters. The zero-order chi connectivity index (χ0) is 20.3. The van der Waals surface area contributed by atoms with Crippen LogP contribution < -0.4 is 0 Å². The van der Waals surface area contributed by atoms with Gasteiger partial charge in [0.15, 0.2) is 11.0 Å². The highest BCUT2D eigenvalue weighted by molar-refractivity contribution is 7.90. The van der Waals surface area contributed by atoms with E-state index < -0.39 is 7.92 Å². The van der Waals surface area contributed by atoms with E-state index in [1.165, 1.54) is 0 Å². The van der Waals surface area contributed by atoms with Gasteiger partial charge in [-0.3, -0.25) is 9.59 Å². The summed E-state index contributed by atoms with van der Waals surface area (Å²) in [4.78, 5) is 26.8. The van der Waals surface area contributed by atoms with E-state index in [1.807, 2.05) is 65.8 Å². The molecule has 0 aromatic heterocycles. The largest absolute Gasteiger partial charge is 0.289 e. The smallest absolute Gasteiger partial charge is 0.192 e. The van der Waals surface area contributed by atoms with E-state index in [0.29, 0.717) is 17.3 Å². The number of hydrogen-bond acceptors (Lipinski definition) is 3. The number of benzene rings is 2. The zero-order valence-corrected chi connectivity index (χ0v) is 17.8. The van der Waals surface area contributed by atoms with Crippen molar-refractivity contribution in [3.05, 3.63) is 68.8 Å². The van der Waals surface area contributed by atoms with Gasteiger partial charge in [0.05, 0.1) is 6.07 Å². The molecule has 0 aliphatic carbocycles. The van der Waals surface area contributed by atoms with E-state index in [-0.39, 0.29) is 17.5 Å². The summed E-state index contributed by atoms with van der Waals surface area (Å²) >= 11 is 0. The monoisotopic (exact) mass is 379 g/mol. The minimum atomic E-state index is -1.63. The fourth-order valence-electron chi connectivity index (χ4n) is 3.76. The first kappa shape index (κ1) is 21.0. The molecule has 0 amide bonds. The predicted molar refractivity (Wildman–Crippen MR) is 112 cm³/mol. The minimum Gasteiger partial charge on any atom is -0.289 e. The van der Waals surface area contributed by atoms with Crippen molar-refractivity contribution in [1.29, 1.82) is 5.26 Å². The van der Waals surface area contributed by atoms with Crippen LogP contribution >= 0.6 is 7.92 Å². The van der Waals surface area contributed by atoms with Crippen LogP contribution in [0.15, 0.2) is 24.3 Å². The summed E-state index contributed by atoms with van der Waals surface area (Å²) in [5.41, 5.74) is 6.83. The number of nitrogens with zero attached hydrogens (tertiary/aromatic N) is 1. The van der Waals surface area contributed by atoms with Crippen molar-refractivity contribution in [1.82, 2.24) is 0 Å². The van der Waals surface area contributed by atoms with E-state index in [9.17, 15) is 9.59 Å². The third kappa shape index (κ3) is 4.52. The Morgan fingerprint density at radius 3 is 1.41 bits per heavy atom. The van der Waals surface area contributed by atoms with Gasteiger partial charge in [0.25, 0.3) is 0 Å². The normalized spacial score (nSPS) is 10.7. The Morgan fingerprint density at radius 2 is 1.11 bits per heavy atom. The molecule has 0 aliphatic heterocycles. The molecule has 27 heavy (non-hydrogen) atoms. The van der Waals surface area contributed by atoms with Gasteiger partial charge >= 0.3 is 0 Å². The second-order valence-corrected chi connectivity index (χ2v) is 9.33. The molecule has 0 heterocycles. The molecule has 0 saturated carbocycles. The fourth-order valence-corrected chi connectivity index (χ4v) is 5.92. The Labute approximate surface area is 163 Å². The quantitative estimate of drug-likeness (QED) is 0.586. The molecule has 3 nitrogen and oxygen atoms in total. The van der Waals surface area contributed by atoms with Crippen molar-refractivity contribution < 1.29 is 9.59 Å². The van der Waals surface area contributed by atoms with Crippen LogP contribution in [0.25, 0.3) is 0 Å². The maximum absolute atomic E-state index is 13.4. The van der Waals surface area contributed by atoms with Crippen molar-refractivity contribution >= 4 is 19.0 Å². The molecule has 0 atom stereocenters. The maximum Gasteiger partial charge on any atom is 0.192 e. The van der Waals surface area contributed by atoms with Crippen molar-refractivity contribution in [2.24, 2.45) is 0 Å². The van der Waals surface area contributed by atoms with Crippen LogP contribution in [0.2, 0.25) is 0 Å². The highest BCUT2D eigenvalue weighted by Gasteiger charge is 2.31. The second-order valence-electron chi connectivity index (χ2n) is 7.22. The lowest BCUT2D eigenvalue weighted by Gasteiger charge is -2.20. The van der Waals surface area contributed by atoms with Gasteiger partial charge < -0.3 is 0 Å². The van der Waals surface area contributed by atoms with Gasteiger partial charge in [0, 0.05) is 25.5 Å². The molecule has 4 heteroatoms. The van der Waals surface area contributed by atoms with Gasteiger partial charge in [-0.1, -0.05) is 35.4 Å². The van der Waals surface area contributed by atoms with Crippen LogP contribution in [-0.2, 0) is 0 Å². The van der Waals surface area contributed by atoms with E-state index in [0.717, 1.165) is 33.4 Å². The average molecular weight is 379 g/mol. The fraction of sp³-hybridized carbons (Fsp3) is 0.348. The lowest BCUT2D eigenvalue weighted by molar-refractivity contribution is 0.105. The van der Waals surface area contributed by atoms with Crippen LogP contribution in [0.5, 0.6) is 0 Å². The van der Waals surface area contributed by atoms with Gasteiger partial charge in [-0.05, 0) is 70.0 Å². The molecular formula is C23H26NO2P. The second kappa shape index (κ2) is 8.59. The van der Waals surface area contributed by atoms with Crippen LogP contribution in [0, 0.1) is 52.9 Å². The Bertz CT molecular complexity index is 838. The third-order valence-corrected chi connectivity index (χ3v) is 6.82. The van der Waals surface area contributed by atoms with Gasteiger partial charge in [-0.25, -0.2) is 0 Å². The van der Waals surface area contributed by atoms with E-state index in [4.69, 9.17) is 5.26 Å². The summed E-state index contributed by atoms with van der Waals surface area (Å²) in [6.45, 7) is 11.7. The Kier molecular flexibility index (Phi) is 6.68. The van der Waals surface area contributed by atoms with Crippen molar-refractivity contribution in [2.75, 3.05) is 6.16 Å². The molecule has 0 bridgehead atoms. The molecule has 0 spiro atoms. The molecule has 0 saturated heterocycles. The van der Waals surface area contributed by atoms with Gasteiger partial charge in [0.2, 0.25) is 0 Å². The Hall–Kier alpha value is -2.30. The lowest BCUT2D eigenvalue weighted by Crippen LogP contribution is -2.14. The molecule has 0 aliphatic rings. The molecule has 0 N–H and O–H groups in total. The Balaban J connectivity index is 2.55. The molecule has 0 radical (unpaired) electrons. The summed E-state index contributed by atoms with van der Waals surface area (Å²) in [5.74, 6) is 0. The van der Waals surface area contributed by atoms with Gasteiger partial charge in [-0.15, -0.1) is 0 Å². The standard InChI is InChI=1S/C23H26NO2P/c1-14-10-16(3)20(17(4)11-14)22(25)27(9-7-8-24)23(26)21-18(5)12-15(2)13-19(21)6/h10-13H,7,9H2,1-6H3. The number of carbonyl (C=O) groups excluding carboxylic acids is 2. The minimum absolute atomic E-state index is 0.111. The van der Waals surface area contributed by atoms with Crippen LogP contribution in [0.4, 0.5) is 0 Å². The van der Waals surface area contributed by atoms with Gasteiger partial charge in [-0.2, -0.15) is 5.26 Å². The van der Waals surface area contributed by atoms with Crippen LogP contribution in [-0.4, -0.2) is 17.2 Å². The number of hydrogen-bond donors (Lipinski definition) is 0. The first-order valence-corrected chi connectivity index (χ1v) is 10.6. The van der Waals surface area contributed by atoms with Crippen LogP contribution in [0.1, 0.15) is 60.5 Å². The SMILES string of the molecule is Cc1cc(C)c(C(=O)P(CCC#N)C(=O)c2c(C)cc(C)cc2C)c(C)c1. The predicted octanol–water partition coefficient (Wildman–Crippen LogP) is 5.91. The third-order valence-electron chi connectivity index (χ3n) is 4.72. The first-order valence-electron chi connectivity index (χ1n) is 9.06. The zero-order valence-electron chi connectivity index (χ0n) is 16.9. The maximum atomic E-state index is 13.4. The first-order chi connectivity index (χ1) is 12.7. The summed E-state index contributed by atoms with van der Waals surface area (Å²) < 4.78 is 0. The number of rotatable bonds is 6. The Morgan fingerprint density at radius 1 is 0.778 bits per heavy atom. The molecule has 2 rings (SSSR count). The van der Waals surface area contributed by atoms with Gasteiger partial charge in [0.1, 0.15) is 0 Å². The summed E-state index contributed by atoms with van der Waals surface area (Å²) in [5, 5.41) is 9.05. The summed E-state index contributed by atoms with van der Waals surface area (Å²) in [7, 11) is -1.63. The topological polar surface area (TPSA) is 57.9 Å². The number of aryl methyl sites for hydroxylation is 6. The summed E-state index contributed by atoms with van der Waals surface area (Å²) in [6.07, 6.45) is 0.514. The van der Waals surface area contributed by atoms with E-state index >= 15 is 0 Å². The summed E-state index contributed by atoms with van der Waals surface area (Å²) in [6, 6.07) is 10.0.